The van der Waals surface area contributed by atoms with Crippen LogP contribution in [0.3, 0.4) is 0 Å². The number of hydrogen-bond acceptors (Lipinski definition) is 2. The highest BCUT2D eigenvalue weighted by Crippen LogP contribution is 2.25. The first-order valence-electron chi connectivity index (χ1n) is 7.64. The summed E-state index contributed by atoms with van der Waals surface area (Å²) in [6, 6.07) is 13.3. The number of anilines is 1. The Bertz CT molecular complexity index is 764. The second-order valence-corrected chi connectivity index (χ2v) is 6.47. The number of nitrogens with zero attached hydrogens (tertiary/aromatic N) is 1. The minimum Gasteiger partial charge on any atom is -0.351 e. The quantitative estimate of drug-likeness (QED) is 0.814. The van der Waals surface area contributed by atoms with Gasteiger partial charge in [-0.25, -0.2) is 4.39 Å². The second-order valence-electron chi connectivity index (χ2n) is 5.62. The van der Waals surface area contributed by atoms with E-state index in [1.165, 1.54) is 17.0 Å². The van der Waals surface area contributed by atoms with Crippen molar-refractivity contribution < 1.29 is 14.0 Å². The van der Waals surface area contributed by atoms with Crippen molar-refractivity contribution in [3.05, 3.63) is 64.4 Å². The van der Waals surface area contributed by atoms with Crippen LogP contribution in [0.1, 0.15) is 12.0 Å². The molecular formula is C18H16BrFN2O2. The Morgan fingerprint density at radius 3 is 2.62 bits per heavy atom. The van der Waals surface area contributed by atoms with Gasteiger partial charge in [0.05, 0.1) is 0 Å². The molecule has 0 aliphatic carbocycles. The Kier molecular flexibility index (Phi) is 4.94. The molecule has 0 radical (unpaired) electrons. The van der Waals surface area contributed by atoms with Crippen LogP contribution in [0.15, 0.2) is 53.0 Å². The number of benzene rings is 2. The first-order chi connectivity index (χ1) is 11.6. The van der Waals surface area contributed by atoms with Crippen LogP contribution in [0, 0.1) is 11.7 Å². The zero-order chi connectivity index (χ0) is 17.1. The van der Waals surface area contributed by atoms with E-state index in [1.807, 2.05) is 24.3 Å². The van der Waals surface area contributed by atoms with Crippen molar-refractivity contribution in [2.75, 3.05) is 11.4 Å². The molecule has 2 amide bonds. The van der Waals surface area contributed by atoms with Crippen molar-refractivity contribution in [1.82, 2.24) is 5.32 Å². The molecule has 1 heterocycles. The lowest BCUT2D eigenvalue weighted by Gasteiger charge is -2.16. The Hall–Kier alpha value is -2.21. The molecule has 0 aromatic heterocycles. The molecule has 1 saturated heterocycles. The summed E-state index contributed by atoms with van der Waals surface area (Å²) in [5.74, 6) is -1.57. The molecule has 1 aliphatic heterocycles. The Morgan fingerprint density at radius 1 is 1.21 bits per heavy atom. The Balaban J connectivity index is 1.63. The van der Waals surface area contributed by atoms with Crippen LogP contribution in [0.4, 0.5) is 10.1 Å². The van der Waals surface area contributed by atoms with Gasteiger partial charge in [0.25, 0.3) is 0 Å². The maximum Gasteiger partial charge on any atom is 0.239 e. The van der Waals surface area contributed by atoms with Crippen molar-refractivity contribution in [1.29, 1.82) is 0 Å². The van der Waals surface area contributed by atoms with Crippen LogP contribution in [0.2, 0.25) is 0 Å². The van der Waals surface area contributed by atoms with Gasteiger partial charge in [-0.05, 0) is 42.3 Å². The van der Waals surface area contributed by atoms with Crippen LogP contribution in [-0.2, 0) is 16.1 Å². The van der Waals surface area contributed by atoms with Gasteiger partial charge < -0.3 is 10.2 Å². The minimum atomic E-state index is -0.697. The van der Waals surface area contributed by atoms with E-state index in [0.717, 1.165) is 10.0 Å². The highest BCUT2D eigenvalue weighted by molar-refractivity contribution is 9.10. The highest BCUT2D eigenvalue weighted by Gasteiger charge is 2.37. The number of halogens is 2. The molecule has 1 fully saturated rings. The fourth-order valence-electron chi connectivity index (χ4n) is 2.75. The SMILES string of the molecule is O=C(NCc1ccccc1Br)C1CCN(c2ccc(F)cc2)C1=O. The van der Waals surface area contributed by atoms with Crippen LogP contribution in [0.25, 0.3) is 0 Å². The first-order valence-corrected chi connectivity index (χ1v) is 8.43. The third-order valence-electron chi connectivity index (χ3n) is 4.07. The smallest absolute Gasteiger partial charge is 0.239 e. The topological polar surface area (TPSA) is 49.4 Å². The van der Waals surface area contributed by atoms with Crippen molar-refractivity contribution in [3.8, 4) is 0 Å². The number of rotatable bonds is 4. The van der Waals surface area contributed by atoms with Gasteiger partial charge in [0.15, 0.2) is 0 Å². The lowest BCUT2D eigenvalue weighted by atomic mass is 10.1. The van der Waals surface area contributed by atoms with E-state index >= 15 is 0 Å². The van der Waals surface area contributed by atoms with E-state index in [-0.39, 0.29) is 17.6 Å². The van der Waals surface area contributed by atoms with Gasteiger partial charge >= 0.3 is 0 Å². The standard InChI is InChI=1S/C18H16BrFN2O2/c19-16-4-2-1-3-12(16)11-21-17(23)15-9-10-22(18(15)24)14-7-5-13(20)6-8-14/h1-8,15H,9-11H2,(H,21,23). The van der Waals surface area contributed by atoms with Crippen LogP contribution >= 0.6 is 15.9 Å². The molecule has 0 spiro atoms. The molecule has 1 aliphatic rings. The third kappa shape index (κ3) is 3.48. The number of carbonyl (C=O) groups excluding carboxylic acids is 2. The summed E-state index contributed by atoms with van der Waals surface area (Å²) in [6.07, 6.45) is 0.456. The lowest BCUT2D eigenvalue weighted by molar-refractivity contribution is -0.132. The molecule has 1 unspecified atom stereocenters. The van der Waals surface area contributed by atoms with Gasteiger partial charge in [-0.2, -0.15) is 0 Å². The average Bonchev–Trinajstić information content (AvgIpc) is 2.96. The minimum absolute atomic E-state index is 0.244. The van der Waals surface area contributed by atoms with Crippen molar-refractivity contribution in [3.63, 3.8) is 0 Å². The summed E-state index contributed by atoms with van der Waals surface area (Å²) >= 11 is 3.43. The Labute approximate surface area is 147 Å². The van der Waals surface area contributed by atoms with E-state index in [4.69, 9.17) is 0 Å². The summed E-state index contributed by atoms with van der Waals surface area (Å²) in [5.41, 5.74) is 1.56. The molecule has 2 aromatic carbocycles. The van der Waals surface area contributed by atoms with Crippen molar-refractivity contribution in [2.45, 2.75) is 13.0 Å². The molecule has 4 nitrogen and oxygen atoms in total. The molecule has 2 aromatic rings. The van der Waals surface area contributed by atoms with E-state index in [2.05, 4.69) is 21.2 Å². The van der Waals surface area contributed by atoms with Crippen LogP contribution < -0.4 is 10.2 Å². The maximum atomic E-state index is 13.0. The first kappa shape index (κ1) is 16.6. The third-order valence-corrected chi connectivity index (χ3v) is 4.84. The summed E-state index contributed by atoms with van der Waals surface area (Å²) in [7, 11) is 0. The lowest BCUT2D eigenvalue weighted by Crippen LogP contribution is -2.36. The predicted octanol–water partition coefficient (Wildman–Crippen LogP) is 3.26. The van der Waals surface area contributed by atoms with E-state index < -0.39 is 5.92 Å². The molecule has 1 N–H and O–H groups in total. The van der Waals surface area contributed by atoms with E-state index in [0.29, 0.717) is 25.2 Å². The zero-order valence-electron chi connectivity index (χ0n) is 12.8. The Morgan fingerprint density at radius 2 is 1.92 bits per heavy atom. The van der Waals surface area contributed by atoms with Gasteiger partial charge in [-0.15, -0.1) is 0 Å². The van der Waals surface area contributed by atoms with E-state index in [1.54, 1.807) is 12.1 Å². The average molecular weight is 391 g/mol. The molecule has 124 valence electrons. The van der Waals surface area contributed by atoms with Crippen LogP contribution in [-0.4, -0.2) is 18.4 Å². The van der Waals surface area contributed by atoms with Crippen LogP contribution in [0.5, 0.6) is 0 Å². The summed E-state index contributed by atoms with van der Waals surface area (Å²) in [4.78, 5) is 26.3. The zero-order valence-corrected chi connectivity index (χ0v) is 14.4. The molecule has 24 heavy (non-hydrogen) atoms. The highest BCUT2D eigenvalue weighted by atomic mass is 79.9. The van der Waals surface area contributed by atoms with Gasteiger partial charge in [0.2, 0.25) is 11.8 Å². The fourth-order valence-corrected chi connectivity index (χ4v) is 3.17. The monoisotopic (exact) mass is 390 g/mol. The molecule has 0 saturated carbocycles. The fraction of sp³-hybridized carbons (Fsp3) is 0.222. The van der Waals surface area contributed by atoms with Gasteiger partial charge in [0, 0.05) is 23.2 Å². The summed E-state index contributed by atoms with van der Waals surface area (Å²) < 4.78 is 13.9. The number of hydrogen-bond donors (Lipinski definition) is 1. The molecular weight excluding hydrogens is 375 g/mol. The maximum absolute atomic E-state index is 13.0. The van der Waals surface area contributed by atoms with E-state index in [9.17, 15) is 14.0 Å². The number of carbonyl (C=O) groups is 2. The van der Waals surface area contributed by atoms with Crippen molar-refractivity contribution >= 4 is 33.4 Å². The molecule has 3 rings (SSSR count). The van der Waals surface area contributed by atoms with Gasteiger partial charge in [0.1, 0.15) is 11.7 Å². The number of nitrogens with one attached hydrogen (secondary N) is 1. The largest absolute Gasteiger partial charge is 0.351 e. The number of amides is 2. The molecule has 6 heteroatoms. The van der Waals surface area contributed by atoms with Gasteiger partial charge in [-0.3, -0.25) is 9.59 Å². The normalized spacial score (nSPS) is 17.2. The van der Waals surface area contributed by atoms with Crippen molar-refractivity contribution in [2.24, 2.45) is 5.92 Å². The van der Waals surface area contributed by atoms with Gasteiger partial charge in [-0.1, -0.05) is 34.1 Å². The summed E-state index contributed by atoms with van der Waals surface area (Å²) in [6.45, 7) is 0.818. The predicted molar refractivity (Wildman–Crippen MR) is 92.8 cm³/mol. The molecule has 1 atom stereocenters. The second kappa shape index (κ2) is 7.13. The molecule has 0 bridgehead atoms. The summed E-state index contributed by atoms with van der Waals surface area (Å²) in [5, 5.41) is 2.82.